The average molecular weight is 490 g/mol. The topological polar surface area (TPSA) is 70.2 Å². The molecule has 1 aliphatic carbocycles. The lowest BCUT2D eigenvalue weighted by Crippen LogP contribution is -2.46. The van der Waals surface area contributed by atoms with Crippen LogP contribution >= 0.6 is 11.6 Å². The molecule has 0 bridgehead atoms. The first kappa shape index (κ1) is 25.0. The Labute approximate surface area is 212 Å². The van der Waals surface area contributed by atoms with Gasteiger partial charge in [-0.1, -0.05) is 72.3 Å². The highest BCUT2D eigenvalue weighted by molar-refractivity contribution is 6.30. The number of hydrogen-bond acceptors (Lipinski definition) is 3. The zero-order valence-electron chi connectivity index (χ0n) is 19.8. The molecular formula is C29H32ClN3O2. The molecule has 1 saturated carbocycles. The minimum Gasteiger partial charge on any atom is -0.350 e. The summed E-state index contributed by atoms with van der Waals surface area (Å²) >= 11 is 5.94. The maximum atomic E-state index is 13.0. The summed E-state index contributed by atoms with van der Waals surface area (Å²) in [6.45, 7) is 1.33. The summed E-state index contributed by atoms with van der Waals surface area (Å²) in [6.07, 6.45) is 3.53. The molecule has 6 heteroatoms. The largest absolute Gasteiger partial charge is 0.350 e. The van der Waals surface area contributed by atoms with E-state index >= 15 is 0 Å². The van der Waals surface area contributed by atoms with Crippen molar-refractivity contribution in [3.05, 3.63) is 107 Å². The third-order valence-electron chi connectivity index (χ3n) is 6.38. The molecule has 3 N–H and O–H groups in total. The third kappa shape index (κ3) is 7.67. The minimum atomic E-state index is -0.597. The molecule has 0 aliphatic heterocycles. The summed E-state index contributed by atoms with van der Waals surface area (Å²) in [5, 5.41) is 10.1. The molecule has 3 aromatic rings. The molecule has 3 atom stereocenters. The van der Waals surface area contributed by atoms with Gasteiger partial charge in [-0.15, -0.1) is 0 Å². The van der Waals surface area contributed by atoms with Crippen LogP contribution in [0.2, 0.25) is 5.02 Å². The number of carbonyl (C=O) groups is 2. The minimum absolute atomic E-state index is 0.171. The van der Waals surface area contributed by atoms with Crippen molar-refractivity contribution in [1.82, 2.24) is 16.0 Å². The molecule has 1 fully saturated rings. The molecule has 1 aliphatic rings. The highest BCUT2D eigenvalue weighted by atomic mass is 35.5. The Kier molecular flexibility index (Phi) is 8.93. The van der Waals surface area contributed by atoms with Crippen molar-refractivity contribution in [2.24, 2.45) is 0 Å². The summed E-state index contributed by atoms with van der Waals surface area (Å²) in [4.78, 5) is 25.7. The van der Waals surface area contributed by atoms with Crippen LogP contribution in [0.4, 0.5) is 0 Å². The molecule has 35 heavy (non-hydrogen) atoms. The van der Waals surface area contributed by atoms with Gasteiger partial charge < -0.3 is 16.0 Å². The fourth-order valence-electron chi connectivity index (χ4n) is 4.27. The molecular weight excluding hydrogens is 458 g/mol. The van der Waals surface area contributed by atoms with Crippen LogP contribution in [0.3, 0.4) is 0 Å². The third-order valence-corrected chi connectivity index (χ3v) is 6.63. The molecule has 0 heterocycles. The van der Waals surface area contributed by atoms with E-state index < -0.39 is 6.04 Å². The highest BCUT2D eigenvalue weighted by Gasteiger charge is 2.37. The predicted octanol–water partition coefficient (Wildman–Crippen LogP) is 5.07. The summed E-state index contributed by atoms with van der Waals surface area (Å²) in [5.41, 5.74) is 2.90. The Balaban J connectivity index is 1.25. The van der Waals surface area contributed by atoms with Gasteiger partial charge in [-0.2, -0.15) is 0 Å². The second kappa shape index (κ2) is 12.5. The molecule has 0 aromatic heterocycles. The van der Waals surface area contributed by atoms with Crippen molar-refractivity contribution in [3.8, 4) is 0 Å². The van der Waals surface area contributed by atoms with Crippen LogP contribution in [0.25, 0.3) is 0 Å². The summed E-state index contributed by atoms with van der Waals surface area (Å²) < 4.78 is 0. The maximum Gasteiger partial charge on any atom is 0.251 e. The molecule has 3 aromatic carbocycles. The summed E-state index contributed by atoms with van der Waals surface area (Å²) in [6, 6.07) is 27.0. The number of hydrogen-bond donors (Lipinski definition) is 3. The van der Waals surface area contributed by atoms with Crippen LogP contribution in [0, 0.1) is 0 Å². The van der Waals surface area contributed by atoms with Crippen molar-refractivity contribution in [1.29, 1.82) is 0 Å². The second-order valence-corrected chi connectivity index (χ2v) is 9.48. The van der Waals surface area contributed by atoms with E-state index in [2.05, 4.69) is 40.2 Å². The molecule has 4 rings (SSSR count). The van der Waals surface area contributed by atoms with E-state index in [1.165, 1.54) is 12.0 Å². The van der Waals surface area contributed by atoms with E-state index in [1.54, 1.807) is 24.3 Å². The first-order chi connectivity index (χ1) is 17.1. The normalized spacial score (nSPS) is 17.4. The molecule has 0 radical (unpaired) electrons. The van der Waals surface area contributed by atoms with Crippen molar-refractivity contribution >= 4 is 23.4 Å². The lowest BCUT2D eigenvalue weighted by atomic mass is 10.1. The van der Waals surface area contributed by atoms with Crippen LogP contribution < -0.4 is 16.0 Å². The van der Waals surface area contributed by atoms with E-state index in [0.717, 1.165) is 24.9 Å². The zero-order valence-corrected chi connectivity index (χ0v) is 20.5. The van der Waals surface area contributed by atoms with E-state index in [9.17, 15) is 9.59 Å². The van der Waals surface area contributed by atoms with Crippen LogP contribution in [0.15, 0.2) is 84.9 Å². The SMILES string of the molecule is O=C(N[C@@H](CCCCN[C@H]1C[C@@H]1c1ccccc1)C(=O)NCc1ccccc1)c1ccc(Cl)cc1. The van der Waals surface area contributed by atoms with Crippen LogP contribution in [0.1, 0.15) is 53.1 Å². The molecule has 0 unspecified atom stereocenters. The van der Waals surface area contributed by atoms with Crippen LogP contribution in [0.5, 0.6) is 0 Å². The fraction of sp³-hybridized carbons (Fsp3) is 0.310. The number of amides is 2. The first-order valence-electron chi connectivity index (χ1n) is 12.3. The van der Waals surface area contributed by atoms with E-state index in [1.807, 2.05) is 36.4 Å². The number of halogens is 1. The monoisotopic (exact) mass is 489 g/mol. The lowest BCUT2D eigenvalue weighted by Gasteiger charge is -2.19. The van der Waals surface area contributed by atoms with E-state index in [-0.39, 0.29) is 11.8 Å². The summed E-state index contributed by atoms with van der Waals surface area (Å²) in [7, 11) is 0. The Hall–Kier alpha value is -3.15. The van der Waals surface area contributed by atoms with Gasteiger partial charge in [0.2, 0.25) is 5.91 Å². The molecule has 0 saturated heterocycles. The van der Waals surface area contributed by atoms with Crippen molar-refractivity contribution < 1.29 is 9.59 Å². The van der Waals surface area contributed by atoms with Gasteiger partial charge in [0.05, 0.1) is 0 Å². The average Bonchev–Trinajstić information content (AvgIpc) is 3.67. The molecule has 5 nitrogen and oxygen atoms in total. The standard InChI is InChI=1S/C29H32ClN3O2/c30-24-16-14-23(15-17-24)28(34)33-26(29(35)32-20-21-9-3-1-4-10-21)13-7-8-18-31-27-19-25(27)22-11-5-2-6-12-22/h1-6,9-12,14-17,25-27,31H,7-8,13,18-20H2,(H,32,35)(H,33,34)/t25-,26+,27+/m1/s1. The van der Waals surface area contributed by atoms with E-state index in [4.69, 9.17) is 11.6 Å². The Morgan fingerprint density at radius 3 is 2.29 bits per heavy atom. The van der Waals surface area contributed by atoms with Gasteiger partial charge >= 0.3 is 0 Å². The predicted molar refractivity (Wildman–Crippen MR) is 140 cm³/mol. The Morgan fingerprint density at radius 1 is 0.886 bits per heavy atom. The number of nitrogens with one attached hydrogen (secondary N) is 3. The smallest absolute Gasteiger partial charge is 0.251 e. The van der Waals surface area contributed by atoms with Gasteiger partial charge in [0.1, 0.15) is 6.04 Å². The van der Waals surface area contributed by atoms with Gasteiger partial charge in [0.25, 0.3) is 5.91 Å². The highest BCUT2D eigenvalue weighted by Crippen LogP contribution is 2.40. The van der Waals surface area contributed by atoms with Crippen LogP contribution in [-0.2, 0) is 11.3 Å². The second-order valence-electron chi connectivity index (χ2n) is 9.05. The quantitative estimate of drug-likeness (QED) is 0.311. The first-order valence-corrected chi connectivity index (χ1v) is 12.6. The summed E-state index contributed by atoms with van der Waals surface area (Å²) in [5.74, 6) is 0.158. The Bertz CT molecular complexity index is 1090. The van der Waals surface area contributed by atoms with Gasteiger partial charge in [-0.05, 0) is 67.6 Å². The molecule has 2 amide bonds. The zero-order chi connectivity index (χ0) is 24.5. The number of benzene rings is 3. The number of unbranched alkanes of at least 4 members (excludes halogenated alkanes) is 1. The van der Waals surface area contributed by atoms with Crippen molar-refractivity contribution in [3.63, 3.8) is 0 Å². The van der Waals surface area contributed by atoms with Gasteiger partial charge in [0.15, 0.2) is 0 Å². The molecule has 182 valence electrons. The lowest BCUT2D eigenvalue weighted by molar-refractivity contribution is -0.123. The maximum absolute atomic E-state index is 13.0. The van der Waals surface area contributed by atoms with Crippen molar-refractivity contribution in [2.45, 2.75) is 50.2 Å². The van der Waals surface area contributed by atoms with Crippen molar-refractivity contribution in [2.75, 3.05) is 6.54 Å². The van der Waals surface area contributed by atoms with Gasteiger partial charge in [0, 0.05) is 29.1 Å². The van der Waals surface area contributed by atoms with Gasteiger partial charge in [-0.25, -0.2) is 0 Å². The van der Waals surface area contributed by atoms with E-state index in [0.29, 0.717) is 35.5 Å². The van der Waals surface area contributed by atoms with Crippen LogP contribution in [-0.4, -0.2) is 30.4 Å². The number of rotatable bonds is 12. The van der Waals surface area contributed by atoms with Gasteiger partial charge in [-0.3, -0.25) is 9.59 Å². The number of carbonyl (C=O) groups excluding carboxylic acids is 2. The fourth-order valence-corrected chi connectivity index (χ4v) is 4.40. The molecule has 0 spiro atoms. The Morgan fingerprint density at radius 2 is 1.57 bits per heavy atom.